The van der Waals surface area contributed by atoms with Gasteiger partial charge in [0.1, 0.15) is 6.33 Å². The van der Waals surface area contributed by atoms with E-state index in [-0.39, 0.29) is 23.9 Å². The van der Waals surface area contributed by atoms with Crippen LogP contribution in [0.2, 0.25) is 5.02 Å². The van der Waals surface area contributed by atoms with Crippen LogP contribution in [0.15, 0.2) is 48.8 Å². The quantitative estimate of drug-likeness (QED) is 0.306. The predicted octanol–water partition coefficient (Wildman–Crippen LogP) is 5.01. The first-order valence-corrected chi connectivity index (χ1v) is 9.34. The summed E-state index contributed by atoms with van der Waals surface area (Å²) in [5.74, 6) is -0.514. The second-order valence-electron chi connectivity index (χ2n) is 6.14. The van der Waals surface area contributed by atoms with Crippen molar-refractivity contribution in [2.75, 3.05) is 17.2 Å². The second kappa shape index (κ2) is 9.19. The standard InChI is InChI=1S/C20H18ClN5O4/c1-3-30-20(27)13-6-4-7-14(10-13)24-18-17(26(28)29)19(23-11-22-18)25-16-9-5-8-15(21)12(16)2/h4-11H,3H2,1-2H3,(H2,22,23,24,25). The summed E-state index contributed by atoms with van der Waals surface area (Å²) < 4.78 is 4.98. The number of ether oxygens (including phenoxy) is 1. The molecule has 0 saturated carbocycles. The Morgan fingerprint density at radius 2 is 1.87 bits per heavy atom. The molecule has 1 heterocycles. The largest absolute Gasteiger partial charge is 0.462 e. The number of rotatable bonds is 7. The van der Waals surface area contributed by atoms with Crippen LogP contribution in [0.1, 0.15) is 22.8 Å². The number of nitro groups is 1. The lowest BCUT2D eigenvalue weighted by molar-refractivity contribution is -0.383. The summed E-state index contributed by atoms with van der Waals surface area (Å²) in [5, 5.41) is 18.1. The normalized spacial score (nSPS) is 10.4. The SMILES string of the molecule is CCOC(=O)c1cccc(Nc2ncnc(Nc3cccc(Cl)c3C)c2[N+](=O)[O-])c1. The van der Waals surface area contributed by atoms with Crippen LogP contribution in [0.3, 0.4) is 0 Å². The fraction of sp³-hybridized carbons (Fsp3) is 0.150. The van der Waals surface area contributed by atoms with Crippen molar-refractivity contribution < 1.29 is 14.5 Å². The van der Waals surface area contributed by atoms with E-state index in [0.717, 1.165) is 5.56 Å². The molecule has 0 aliphatic heterocycles. The van der Waals surface area contributed by atoms with Crippen LogP contribution in [0, 0.1) is 17.0 Å². The maximum absolute atomic E-state index is 11.9. The van der Waals surface area contributed by atoms with E-state index >= 15 is 0 Å². The molecule has 0 spiro atoms. The molecule has 10 heteroatoms. The molecule has 0 fully saturated rings. The van der Waals surface area contributed by atoms with Crippen LogP contribution >= 0.6 is 11.6 Å². The Bertz CT molecular complexity index is 1110. The van der Waals surface area contributed by atoms with Gasteiger partial charge in [0, 0.05) is 16.4 Å². The number of halogens is 1. The van der Waals surface area contributed by atoms with Crippen LogP contribution in [-0.2, 0) is 4.74 Å². The summed E-state index contributed by atoms with van der Waals surface area (Å²) in [4.78, 5) is 31.2. The lowest BCUT2D eigenvalue weighted by Gasteiger charge is -2.12. The van der Waals surface area contributed by atoms with E-state index in [2.05, 4.69) is 20.6 Å². The first-order chi connectivity index (χ1) is 14.4. The molecule has 0 aliphatic carbocycles. The van der Waals surface area contributed by atoms with Gasteiger partial charge < -0.3 is 15.4 Å². The van der Waals surface area contributed by atoms with Crippen LogP contribution in [0.25, 0.3) is 0 Å². The van der Waals surface area contributed by atoms with Crippen LogP contribution in [-0.4, -0.2) is 27.5 Å². The second-order valence-corrected chi connectivity index (χ2v) is 6.55. The number of benzene rings is 2. The topological polar surface area (TPSA) is 119 Å². The van der Waals surface area contributed by atoms with Crippen LogP contribution in [0.4, 0.5) is 28.7 Å². The Balaban J connectivity index is 1.96. The van der Waals surface area contributed by atoms with Crippen molar-refractivity contribution in [2.24, 2.45) is 0 Å². The molecule has 9 nitrogen and oxygen atoms in total. The van der Waals surface area contributed by atoms with Crippen molar-refractivity contribution >= 4 is 46.3 Å². The van der Waals surface area contributed by atoms with Crippen molar-refractivity contribution in [3.8, 4) is 0 Å². The average Bonchev–Trinajstić information content (AvgIpc) is 2.72. The van der Waals surface area contributed by atoms with Gasteiger partial charge in [-0.2, -0.15) is 0 Å². The number of aromatic nitrogens is 2. The van der Waals surface area contributed by atoms with Gasteiger partial charge in [0.05, 0.1) is 17.1 Å². The van der Waals surface area contributed by atoms with Crippen LogP contribution < -0.4 is 10.6 Å². The summed E-state index contributed by atoms with van der Waals surface area (Å²) in [5.41, 5.74) is 1.71. The third-order valence-electron chi connectivity index (χ3n) is 4.16. The Hall–Kier alpha value is -3.72. The van der Waals surface area contributed by atoms with Gasteiger partial charge in [-0.05, 0) is 49.7 Å². The number of nitrogens with one attached hydrogen (secondary N) is 2. The Labute approximate surface area is 177 Å². The van der Waals surface area contributed by atoms with Crippen molar-refractivity contribution in [1.29, 1.82) is 0 Å². The first kappa shape index (κ1) is 21.0. The molecular formula is C20H18ClN5O4. The minimum absolute atomic E-state index is 0.00409. The number of anilines is 4. The van der Waals surface area contributed by atoms with Gasteiger partial charge in [0.25, 0.3) is 0 Å². The van der Waals surface area contributed by atoms with Crippen LogP contribution in [0.5, 0.6) is 0 Å². The van der Waals surface area contributed by atoms with Gasteiger partial charge in [0.15, 0.2) is 0 Å². The fourth-order valence-corrected chi connectivity index (χ4v) is 2.85. The van der Waals surface area contributed by atoms with Gasteiger partial charge in [-0.25, -0.2) is 14.8 Å². The van der Waals surface area contributed by atoms with E-state index in [9.17, 15) is 14.9 Å². The number of esters is 1. The minimum Gasteiger partial charge on any atom is -0.462 e. The molecular weight excluding hydrogens is 410 g/mol. The molecule has 0 aliphatic rings. The van der Waals surface area contributed by atoms with Crippen molar-refractivity contribution in [1.82, 2.24) is 9.97 Å². The average molecular weight is 428 g/mol. The predicted molar refractivity (Wildman–Crippen MR) is 114 cm³/mol. The van der Waals surface area contributed by atoms with Gasteiger partial charge in [0.2, 0.25) is 11.6 Å². The highest BCUT2D eigenvalue weighted by Crippen LogP contribution is 2.34. The molecule has 0 amide bonds. The number of hydrogen-bond acceptors (Lipinski definition) is 8. The number of nitrogens with zero attached hydrogens (tertiary/aromatic N) is 3. The highest BCUT2D eigenvalue weighted by Gasteiger charge is 2.24. The monoisotopic (exact) mass is 427 g/mol. The highest BCUT2D eigenvalue weighted by atomic mass is 35.5. The maximum Gasteiger partial charge on any atom is 0.353 e. The molecule has 3 rings (SSSR count). The summed E-state index contributed by atoms with van der Waals surface area (Å²) in [6.07, 6.45) is 1.20. The third-order valence-corrected chi connectivity index (χ3v) is 4.57. The Kier molecular flexibility index (Phi) is 6.43. The van der Waals surface area contributed by atoms with E-state index < -0.39 is 10.9 Å². The van der Waals surface area contributed by atoms with Gasteiger partial charge in [-0.15, -0.1) is 0 Å². The van der Waals surface area contributed by atoms with Crippen molar-refractivity contribution in [3.63, 3.8) is 0 Å². The van der Waals surface area contributed by atoms with Gasteiger partial charge >= 0.3 is 11.7 Å². The highest BCUT2D eigenvalue weighted by molar-refractivity contribution is 6.31. The zero-order valence-corrected chi connectivity index (χ0v) is 16.9. The van der Waals surface area contributed by atoms with E-state index in [1.165, 1.54) is 12.4 Å². The lowest BCUT2D eigenvalue weighted by Crippen LogP contribution is -2.07. The molecule has 0 bridgehead atoms. The molecule has 0 saturated heterocycles. The Morgan fingerprint density at radius 1 is 1.17 bits per heavy atom. The maximum atomic E-state index is 11.9. The molecule has 30 heavy (non-hydrogen) atoms. The zero-order chi connectivity index (χ0) is 21.7. The van der Waals surface area contributed by atoms with E-state index in [1.807, 2.05) is 0 Å². The molecule has 0 unspecified atom stereocenters. The number of carbonyl (C=O) groups excluding carboxylic acids is 1. The zero-order valence-electron chi connectivity index (χ0n) is 16.2. The van der Waals surface area contributed by atoms with Gasteiger partial charge in [-0.1, -0.05) is 23.7 Å². The van der Waals surface area contributed by atoms with E-state index in [1.54, 1.807) is 50.2 Å². The summed E-state index contributed by atoms with van der Waals surface area (Å²) in [6, 6.07) is 11.6. The molecule has 0 atom stereocenters. The summed E-state index contributed by atoms with van der Waals surface area (Å²) in [6.45, 7) is 3.74. The Morgan fingerprint density at radius 3 is 2.57 bits per heavy atom. The molecule has 154 valence electrons. The third kappa shape index (κ3) is 4.64. The molecule has 2 N–H and O–H groups in total. The van der Waals surface area contributed by atoms with Crippen molar-refractivity contribution in [2.45, 2.75) is 13.8 Å². The fourth-order valence-electron chi connectivity index (χ4n) is 2.68. The van der Waals surface area contributed by atoms with E-state index in [0.29, 0.717) is 22.0 Å². The number of hydrogen-bond donors (Lipinski definition) is 2. The molecule has 3 aromatic rings. The molecule has 2 aromatic carbocycles. The summed E-state index contributed by atoms with van der Waals surface area (Å²) in [7, 11) is 0. The number of carbonyl (C=O) groups is 1. The molecule has 1 aromatic heterocycles. The minimum atomic E-state index is -0.584. The first-order valence-electron chi connectivity index (χ1n) is 8.96. The lowest BCUT2D eigenvalue weighted by atomic mass is 10.2. The smallest absolute Gasteiger partial charge is 0.353 e. The van der Waals surface area contributed by atoms with E-state index in [4.69, 9.17) is 16.3 Å². The summed E-state index contributed by atoms with van der Waals surface area (Å²) >= 11 is 6.13. The van der Waals surface area contributed by atoms with Gasteiger partial charge in [-0.3, -0.25) is 10.1 Å². The van der Waals surface area contributed by atoms with Crippen molar-refractivity contribution in [3.05, 3.63) is 75.1 Å². The molecule has 0 radical (unpaired) electrons.